The van der Waals surface area contributed by atoms with E-state index in [1.807, 2.05) is 6.92 Å². The van der Waals surface area contributed by atoms with Gasteiger partial charge in [0.25, 0.3) is 5.91 Å². The molecule has 0 fully saturated rings. The maximum Gasteiger partial charge on any atom is 0.254 e. The van der Waals surface area contributed by atoms with Gasteiger partial charge in [0.15, 0.2) is 9.84 Å². The summed E-state index contributed by atoms with van der Waals surface area (Å²) in [5.74, 6) is -0.186. The highest BCUT2D eigenvalue weighted by Crippen LogP contribution is 2.22. The summed E-state index contributed by atoms with van der Waals surface area (Å²) in [6, 6.07) is 9.41. The molecule has 2 rings (SSSR count). The molecule has 0 saturated carbocycles. The van der Waals surface area contributed by atoms with E-state index < -0.39 is 9.84 Å². The number of halogens is 1. The number of hydrogen-bond acceptors (Lipinski definition) is 4. The van der Waals surface area contributed by atoms with Gasteiger partial charge in [-0.15, -0.1) is 0 Å². The van der Waals surface area contributed by atoms with Crippen LogP contribution in [0.3, 0.4) is 0 Å². The van der Waals surface area contributed by atoms with Gasteiger partial charge in [-0.2, -0.15) is 0 Å². The van der Waals surface area contributed by atoms with E-state index in [1.54, 1.807) is 42.3 Å². The molecular weight excluding hydrogens is 336 g/mol. The number of nitrogens with zero attached hydrogens (tertiary/aromatic N) is 2. The molecule has 1 atom stereocenters. The fraction of sp³-hybridized carbons (Fsp3) is 0.250. The number of hydrogen-bond donors (Lipinski definition) is 0. The largest absolute Gasteiger partial charge is 0.335 e. The first-order valence-electron chi connectivity index (χ1n) is 6.89. The number of sulfone groups is 1. The summed E-state index contributed by atoms with van der Waals surface area (Å²) in [7, 11) is -1.55. The molecule has 7 heteroatoms. The Balaban J connectivity index is 2.22. The Bertz CT molecular complexity index is 819. The first-order chi connectivity index (χ1) is 10.7. The number of aromatic nitrogens is 1. The minimum atomic E-state index is -3.23. The van der Waals surface area contributed by atoms with E-state index in [0.29, 0.717) is 5.56 Å². The molecule has 5 nitrogen and oxygen atoms in total. The van der Waals surface area contributed by atoms with E-state index in [2.05, 4.69) is 4.98 Å². The first-order valence-corrected chi connectivity index (χ1v) is 9.16. The van der Waals surface area contributed by atoms with Gasteiger partial charge in [0.2, 0.25) is 0 Å². The molecule has 0 N–H and O–H groups in total. The van der Waals surface area contributed by atoms with Crippen molar-refractivity contribution in [1.29, 1.82) is 0 Å². The van der Waals surface area contributed by atoms with Crippen LogP contribution in [0, 0.1) is 0 Å². The quantitative estimate of drug-likeness (QED) is 0.793. The molecular formula is C16H17ClN2O3S. The lowest BCUT2D eigenvalue weighted by atomic mass is 10.1. The third-order valence-electron chi connectivity index (χ3n) is 3.67. The second-order valence-corrected chi connectivity index (χ2v) is 7.70. The zero-order chi connectivity index (χ0) is 17.2. The number of carbonyl (C=O) groups excluding carboxylic acids is 1. The Hall–Kier alpha value is -1.92. The van der Waals surface area contributed by atoms with Crippen molar-refractivity contribution in [2.24, 2.45) is 0 Å². The Kier molecular flexibility index (Phi) is 5.06. The number of rotatable bonds is 4. The normalized spacial score (nSPS) is 12.7. The highest BCUT2D eigenvalue weighted by atomic mass is 35.5. The van der Waals surface area contributed by atoms with E-state index in [4.69, 9.17) is 11.6 Å². The molecule has 2 aromatic rings. The van der Waals surface area contributed by atoms with Crippen molar-refractivity contribution in [2.75, 3.05) is 13.3 Å². The second kappa shape index (κ2) is 6.68. The monoisotopic (exact) mass is 352 g/mol. The fourth-order valence-electron chi connectivity index (χ4n) is 2.13. The van der Waals surface area contributed by atoms with Crippen molar-refractivity contribution in [3.63, 3.8) is 0 Å². The summed E-state index contributed by atoms with van der Waals surface area (Å²) in [6.07, 6.45) is 2.64. The Morgan fingerprint density at radius 2 is 1.83 bits per heavy atom. The first kappa shape index (κ1) is 17.4. The van der Waals surface area contributed by atoms with E-state index in [9.17, 15) is 13.2 Å². The third kappa shape index (κ3) is 4.09. The molecule has 1 heterocycles. The van der Waals surface area contributed by atoms with Crippen LogP contribution < -0.4 is 0 Å². The molecule has 0 aliphatic carbocycles. The van der Waals surface area contributed by atoms with E-state index >= 15 is 0 Å². The topological polar surface area (TPSA) is 67.3 Å². The van der Waals surface area contributed by atoms with Crippen molar-refractivity contribution < 1.29 is 13.2 Å². The highest BCUT2D eigenvalue weighted by molar-refractivity contribution is 7.90. The van der Waals surface area contributed by atoms with Crippen molar-refractivity contribution in [3.8, 4) is 0 Å². The average molecular weight is 353 g/mol. The van der Waals surface area contributed by atoms with Gasteiger partial charge in [-0.05, 0) is 36.8 Å². The van der Waals surface area contributed by atoms with E-state index in [1.165, 1.54) is 12.3 Å². The fourth-order valence-corrected chi connectivity index (χ4v) is 2.94. The third-order valence-corrected chi connectivity index (χ3v) is 5.00. The van der Waals surface area contributed by atoms with Gasteiger partial charge < -0.3 is 4.90 Å². The van der Waals surface area contributed by atoms with Gasteiger partial charge in [-0.3, -0.25) is 4.79 Å². The molecule has 0 aliphatic heterocycles. The van der Waals surface area contributed by atoms with Crippen LogP contribution in [-0.2, 0) is 9.84 Å². The number of amides is 1. The minimum absolute atomic E-state index is 0.186. The van der Waals surface area contributed by atoms with Gasteiger partial charge in [0, 0.05) is 25.1 Å². The van der Waals surface area contributed by atoms with Crippen LogP contribution in [0.25, 0.3) is 0 Å². The van der Waals surface area contributed by atoms with Crippen LogP contribution in [0.4, 0.5) is 0 Å². The molecule has 1 aromatic heterocycles. The standard InChI is InChI=1S/C16H17ClN2O3S/c1-11(12-4-6-14(7-5-12)23(3,21)22)19(2)16(20)13-8-9-18-15(17)10-13/h4-11H,1-3H3/t11-/m1/s1. The smallest absolute Gasteiger partial charge is 0.254 e. The molecule has 0 unspecified atom stereocenters. The van der Waals surface area contributed by atoms with Gasteiger partial charge in [0.05, 0.1) is 10.9 Å². The zero-order valence-corrected chi connectivity index (χ0v) is 14.6. The Morgan fingerprint density at radius 3 is 2.35 bits per heavy atom. The van der Waals surface area contributed by atoms with Gasteiger partial charge in [-0.1, -0.05) is 23.7 Å². The summed E-state index contributed by atoms with van der Waals surface area (Å²) in [5.41, 5.74) is 1.29. The maximum atomic E-state index is 12.5. The summed E-state index contributed by atoms with van der Waals surface area (Å²) in [5, 5.41) is 0.259. The summed E-state index contributed by atoms with van der Waals surface area (Å²) >= 11 is 5.81. The molecule has 122 valence electrons. The van der Waals surface area contributed by atoms with Crippen LogP contribution in [0.5, 0.6) is 0 Å². The Morgan fingerprint density at radius 1 is 1.22 bits per heavy atom. The molecule has 0 radical (unpaired) electrons. The van der Waals surface area contributed by atoms with Crippen molar-refractivity contribution >= 4 is 27.3 Å². The average Bonchev–Trinajstić information content (AvgIpc) is 2.52. The van der Waals surface area contributed by atoms with Crippen molar-refractivity contribution in [1.82, 2.24) is 9.88 Å². The molecule has 23 heavy (non-hydrogen) atoms. The Labute approximate surface area is 140 Å². The molecule has 0 aliphatic rings. The molecule has 1 amide bonds. The molecule has 0 bridgehead atoms. The van der Waals surface area contributed by atoms with Crippen LogP contribution in [0.2, 0.25) is 5.15 Å². The predicted octanol–water partition coefficient (Wildman–Crippen LogP) is 2.97. The number of pyridine rings is 1. The molecule has 0 saturated heterocycles. The van der Waals surface area contributed by atoms with E-state index in [-0.39, 0.29) is 22.0 Å². The number of carbonyl (C=O) groups is 1. The van der Waals surface area contributed by atoms with Crippen LogP contribution in [-0.4, -0.2) is 37.5 Å². The van der Waals surface area contributed by atoms with Gasteiger partial charge in [-0.25, -0.2) is 13.4 Å². The van der Waals surface area contributed by atoms with E-state index in [0.717, 1.165) is 11.8 Å². The lowest BCUT2D eigenvalue weighted by molar-refractivity contribution is 0.0742. The van der Waals surface area contributed by atoms with Crippen LogP contribution >= 0.6 is 11.6 Å². The van der Waals surface area contributed by atoms with Gasteiger partial charge >= 0.3 is 0 Å². The predicted molar refractivity (Wildman–Crippen MR) is 89.3 cm³/mol. The number of benzene rings is 1. The van der Waals surface area contributed by atoms with Gasteiger partial charge in [0.1, 0.15) is 5.15 Å². The van der Waals surface area contributed by atoms with Crippen molar-refractivity contribution in [3.05, 3.63) is 58.9 Å². The molecule has 1 aromatic carbocycles. The van der Waals surface area contributed by atoms with Crippen LogP contribution in [0.15, 0.2) is 47.5 Å². The maximum absolute atomic E-state index is 12.5. The lowest BCUT2D eigenvalue weighted by Gasteiger charge is -2.25. The second-order valence-electron chi connectivity index (χ2n) is 5.30. The lowest BCUT2D eigenvalue weighted by Crippen LogP contribution is -2.29. The summed E-state index contributed by atoms with van der Waals surface area (Å²) in [4.78, 5) is 18.2. The zero-order valence-electron chi connectivity index (χ0n) is 13.0. The molecule has 0 spiro atoms. The summed E-state index contributed by atoms with van der Waals surface area (Å²) < 4.78 is 23.0. The summed E-state index contributed by atoms with van der Waals surface area (Å²) in [6.45, 7) is 1.87. The SMILES string of the molecule is C[C@H](c1ccc(S(C)(=O)=O)cc1)N(C)C(=O)c1ccnc(Cl)c1. The van der Waals surface area contributed by atoms with Crippen LogP contribution in [0.1, 0.15) is 28.9 Å². The highest BCUT2D eigenvalue weighted by Gasteiger charge is 2.19. The minimum Gasteiger partial charge on any atom is -0.335 e. The van der Waals surface area contributed by atoms with Crippen molar-refractivity contribution in [2.45, 2.75) is 17.9 Å².